The molecule has 5 nitrogen and oxygen atoms in total. The second kappa shape index (κ2) is 11.5. The van der Waals surface area contributed by atoms with Crippen molar-refractivity contribution in [2.24, 2.45) is 4.99 Å². The fourth-order valence-electron chi connectivity index (χ4n) is 2.68. The van der Waals surface area contributed by atoms with E-state index >= 15 is 0 Å². The van der Waals surface area contributed by atoms with Gasteiger partial charge in [0.25, 0.3) is 6.43 Å². The molecule has 0 bridgehead atoms. The zero-order valence-electron chi connectivity index (χ0n) is 14.6. The molecule has 1 aromatic carbocycles. The number of carbonyl (C=O) groups excluding carboxylic acids is 1. The third-order valence-electron chi connectivity index (χ3n) is 3.89. The van der Waals surface area contributed by atoms with Crippen LogP contribution in [-0.2, 0) is 11.2 Å². The molecule has 26 heavy (non-hydrogen) atoms. The lowest BCUT2D eigenvalue weighted by atomic mass is 10.1. The number of benzene rings is 1. The van der Waals surface area contributed by atoms with Gasteiger partial charge >= 0.3 is 0 Å². The van der Waals surface area contributed by atoms with Gasteiger partial charge in [-0.3, -0.25) is 4.79 Å². The van der Waals surface area contributed by atoms with Crippen LogP contribution >= 0.6 is 35.6 Å². The Labute approximate surface area is 174 Å². The molecule has 0 radical (unpaired) electrons. The van der Waals surface area contributed by atoms with Crippen LogP contribution in [0.5, 0.6) is 0 Å². The maximum atomic E-state index is 12.4. The zero-order chi connectivity index (χ0) is 18.2. The Morgan fingerprint density at radius 3 is 2.50 bits per heavy atom. The largest absolute Gasteiger partial charge is 0.357 e. The van der Waals surface area contributed by atoms with Crippen molar-refractivity contribution in [3.63, 3.8) is 0 Å². The second-order valence-corrected chi connectivity index (χ2v) is 6.20. The number of nitrogens with zero attached hydrogens (tertiary/aromatic N) is 3. The molecule has 1 fully saturated rings. The number of alkyl halides is 2. The minimum Gasteiger partial charge on any atom is -0.357 e. The molecule has 1 heterocycles. The van der Waals surface area contributed by atoms with Crippen LogP contribution in [0.15, 0.2) is 29.3 Å². The number of halogens is 4. The number of carbonyl (C=O) groups is 1. The van der Waals surface area contributed by atoms with E-state index in [4.69, 9.17) is 11.6 Å². The minimum absolute atomic E-state index is 0. The molecule has 0 saturated carbocycles. The molecule has 0 spiro atoms. The van der Waals surface area contributed by atoms with Gasteiger partial charge in [-0.1, -0.05) is 23.7 Å². The van der Waals surface area contributed by atoms with E-state index in [1.807, 2.05) is 24.0 Å². The highest BCUT2D eigenvalue weighted by Crippen LogP contribution is 2.13. The number of rotatable bonds is 5. The summed E-state index contributed by atoms with van der Waals surface area (Å²) in [5.41, 5.74) is 0.881. The van der Waals surface area contributed by atoms with Crippen LogP contribution in [0.1, 0.15) is 12.5 Å². The van der Waals surface area contributed by atoms with Crippen molar-refractivity contribution in [3.05, 3.63) is 34.9 Å². The molecule has 0 aromatic heterocycles. The molecule has 1 saturated heterocycles. The molecule has 0 atom stereocenters. The molecular weight excluding hydrogens is 477 g/mol. The van der Waals surface area contributed by atoms with Crippen molar-refractivity contribution in [1.29, 1.82) is 0 Å². The van der Waals surface area contributed by atoms with Gasteiger partial charge in [-0.15, -0.1) is 24.0 Å². The molecule has 2 rings (SSSR count). The smallest absolute Gasteiger partial charge is 0.257 e. The van der Waals surface area contributed by atoms with Crippen molar-refractivity contribution in [3.8, 4) is 0 Å². The standard InChI is InChI=1S/C17H23ClF2N4O.HI/c1-2-21-17(22-12-15(19)20)24-8-6-23(7-9-24)16(25)11-13-4-3-5-14(18)10-13;/h3-5,10,15H,2,6-9,11-12H2,1H3,(H,21,22);1H. The van der Waals surface area contributed by atoms with E-state index in [-0.39, 0.29) is 29.9 Å². The second-order valence-electron chi connectivity index (χ2n) is 5.76. The summed E-state index contributed by atoms with van der Waals surface area (Å²) in [6.45, 7) is 4.19. The van der Waals surface area contributed by atoms with E-state index in [0.29, 0.717) is 50.1 Å². The number of piperazine rings is 1. The number of aliphatic imine (C=N–C) groups is 1. The summed E-state index contributed by atoms with van der Waals surface area (Å²) in [4.78, 5) is 20.1. The van der Waals surface area contributed by atoms with E-state index in [0.717, 1.165) is 5.56 Å². The average Bonchev–Trinajstić information content (AvgIpc) is 2.58. The third kappa shape index (κ3) is 7.22. The van der Waals surface area contributed by atoms with Crippen molar-refractivity contribution < 1.29 is 13.6 Å². The molecule has 1 N–H and O–H groups in total. The van der Waals surface area contributed by atoms with Gasteiger partial charge in [-0.2, -0.15) is 0 Å². The average molecular weight is 501 g/mol. The molecule has 1 aliphatic heterocycles. The topological polar surface area (TPSA) is 47.9 Å². The summed E-state index contributed by atoms with van der Waals surface area (Å²) < 4.78 is 24.8. The highest BCUT2D eigenvalue weighted by Gasteiger charge is 2.23. The van der Waals surface area contributed by atoms with Crippen molar-refractivity contribution in [2.75, 3.05) is 39.3 Å². The first kappa shape index (κ1) is 22.9. The van der Waals surface area contributed by atoms with Gasteiger partial charge in [0.2, 0.25) is 5.91 Å². The molecule has 0 unspecified atom stereocenters. The SMILES string of the molecule is CCNC(=NCC(F)F)N1CCN(C(=O)Cc2cccc(Cl)c2)CC1.I. The molecule has 146 valence electrons. The number of guanidine groups is 1. The van der Waals surface area contributed by atoms with Crippen LogP contribution in [0.2, 0.25) is 5.02 Å². The monoisotopic (exact) mass is 500 g/mol. The number of hydrogen-bond acceptors (Lipinski definition) is 2. The van der Waals surface area contributed by atoms with Crippen molar-refractivity contribution in [1.82, 2.24) is 15.1 Å². The lowest BCUT2D eigenvalue weighted by Gasteiger charge is -2.36. The quantitative estimate of drug-likeness (QED) is 0.384. The molecule has 0 aliphatic carbocycles. The summed E-state index contributed by atoms with van der Waals surface area (Å²) in [6.07, 6.45) is -2.16. The Morgan fingerprint density at radius 2 is 1.92 bits per heavy atom. The van der Waals surface area contributed by atoms with E-state index in [2.05, 4.69) is 10.3 Å². The third-order valence-corrected chi connectivity index (χ3v) is 4.13. The van der Waals surface area contributed by atoms with Gasteiger partial charge in [0, 0.05) is 37.7 Å². The normalized spacial score (nSPS) is 15.0. The van der Waals surface area contributed by atoms with Crippen LogP contribution in [0, 0.1) is 0 Å². The molecule has 1 amide bonds. The maximum Gasteiger partial charge on any atom is 0.257 e. The van der Waals surface area contributed by atoms with Crippen LogP contribution in [0.3, 0.4) is 0 Å². The molecule has 1 aromatic rings. The lowest BCUT2D eigenvalue weighted by molar-refractivity contribution is -0.131. The summed E-state index contributed by atoms with van der Waals surface area (Å²) in [7, 11) is 0. The minimum atomic E-state index is -2.46. The predicted molar refractivity (Wildman–Crippen MR) is 111 cm³/mol. The van der Waals surface area contributed by atoms with E-state index in [1.54, 1.807) is 17.0 Å². The first-order valence-corrected chi connectivity index (χ1v) is 8.71. The number of amides is 1. The number of hydrogen-bond donors (Lipinski definition) is 1. The fraction of sp³-hybridized carbons (Fsp3) is 0.529. The van der Waals surface area contributed by atoms with Crippen LogP contribution in [0.4, 0.5) is 8.78 Å². The zero-order valence-corrected chi connectivity index (χ0v) is 17.7. The van der Waals surface area contributed by atoms with Gasteiger partial charge in [0.15, 0.2) is 5.96 Å². The number of nitrogens with one attached hydrogen (secondary N) is 1. The molecule has 1 aliphatic rings. The Morgan fingerprint density at radius 1 is 1.27 bits per heavy atom. The summed E-state index contributed by atoms with van der Waals surface area (Å²) >= 11 is 5.94. The first-order chi connectivity index (χ1) is 12.0. The summed E-state index contributed by atoms with van der Waals surface area (Å²) in [6, 6.07) is 7.26. The van der Waals surface area contributed by atoms with Gasteiger partial charge in [0.05, 0.1) is 6.42 Å². The van der Waals surface area contributed by atoms with E-state index < -0.39 is 13.0 Å². The van der Waals surface area contributed by atoms with E-state index in [1.165, 1.54) is 0 Å². The highest BCUT2D eigenvalue weighted by atomic mass is 127. The van der Waals surface area contributed by atoms with Crippen molar-refractivity contribution in [2.45, 2.75) is 19.8 Å². The van der Waals surface area contributed by atoms with Gasteiger partial charge in [-0.25, -0.2) is 13.8 Å². The summed E-state index contributed by atoms with van der Waals surface area (Å²) in [5, 5.41) is 3.63. The Bertz CT molecular complexity index is 610. The van der Waals surface area contributed by atoms with Gasteiger partial charge < -0.3 is 15.1 Å². The van der Waals surface area contributed by atoms with E-state index in [9.17, 15) is 13.6 Å². The lowest BCUT2D eigenvalue weighted by Crippen LogP contribution is -2.54. The maximum absolute atomic E-state index is 12.4. The Hall–Kier alpha value is -1.16. The first-order valence-electron chi connectivity index (χ1n) is 8.33. The predicted octanol–water partition coefficient (Wildman–Crippen LogP) is 2.88. The van der Waals surface area contributed by atoms with Crippen LogP contribution in [0.25, 0.3) is 0 Å². The van der Waals surface area contributed by atoms with Gasteiger partial charge in [-0.05, 0) is 24.6 Å². The highest BCUT2D eigenvalue weighted by molar-refractivity contribution is 14.0. The van der Waals surface area contributed by atoms with Crippen LogP contribution in [-0.4, -0.2) is 67.4 Å². The Kier molecular flexibility index (Phi) is 10.1. The van der Waals surface area contributed by atoms with Crippen molar-refractivity contribution >= 4 is 47.4 Å². The summed E-state index contributed by atoms with van der Waals surface area (Å²) in [5.74, 6) is 0.515. The fourth-order valence-corrected chi connectivity index (χ4v) is 2.90. The molecular formula is C17H24ClF2IN4O. The van der Waals surface area contributed by atoms with Gasteiger partial charge in [0.1, 0.15) is 6.54 Å². The molecule has 9 heteroatoms. The van der Waals surface area contributed by atoms with Crippen LogP contribution < -0.4 is 5.32 Å². The Balaban J connectivity index is 0.00000338.